The molecule has 2 aromatic heterocycles. The zero-order valence-corrected chi connectivity index (χ0v) is 12.4. The summed E-state index contributed by atoms with van der Waals surface area (Å²) in [6.07, 6.45) is 5.61. The van der Waals surface area contributed by atoms with Gasteiger partial charge in [0.1, 0.15) is 12.1 Å². The fourth-order valence-electron chi connectivity index (χ4n) is 2.78. The first-order valence-corrected chi connectivity index (χ1v) is 7.64. The molecule has 0 bridgehead atoms. The number of carbonyl (C=O) groups excluding carboxylic acids is 2. The number of anilines is 2. The Morgan fingerprint density at radius 3 is 2.91 bits per heavy atom. The minimum Gasteiger partial charge on any atom is -0.297 e. The van der Waals surface area contributed by atoms with Crippen LogP contribution in [0.1, 0.15) is 25.3 Å². The van der Waals surface area contributed by atoms with Crippen molar-refractivity contribution >= 4 is 23.6 Å². The number of nitrogens with one attached hydrogen (secondary N) is 1. The highest BCUT2D eigenvalue weighted by molar-refractivity contribution is 6.02. The maximum absolute atomic E-state index is 12.4. The third-order valence-electron chi connectivity index (χ3n) is 4.17. The van der Waals surface area contributed by atoms with E-state index in [9.17, 15) is 9.59 Å². The molecule has 1 aliphatic heterocycles. The minimum atomic E-state index is -0.408. The van der Waals surface area contributed by atoms with Gasteiger partial charge >= 0.3 is 0 Å². The molecule has 2 fully saturated rings. The van der Waals surface area contributed by atoms with Gasteiger partial charge in [-0.3, -0.25) is 24.4 Å². The predicted octanol–water partition coefficient (Wildman–Crippen LogP) is 1.000. The summed E-state index contributed by atoms with van der Waals surface area (Å²) >= 11 is 0. The van der Waals surface area contributed by atoms with E-state index in [1.165, 1.54) is 0 Å². The van der Waals surface area contributed by atoms with Gasteiger partial charge in [0.15, 0.2) is 0 Å². The maximum Gasteiger partial charge on any atom is 0.232 e. The van der Waals surface area contributed by atoms with Crippen molar-refractivity contribution in [1.29, 1.82) is 0 Å². The highest BCUT2D eigenvalue weighted by atomic mass is 16.2. The van der Waals surface area contributed by atoms with Crippen molar-refractivity contribution < 1.29 is 9.59 Å². The summed E-state index contributed by atoms with van der Waals surface area (Å²) < 4.78 is 1.88. The Kier molecular flexibility index (Phi) is 3.29. The van der Waals surface area contributed by atoms with E-state index in [-0.39, 0.29) is 18.2 Å². The summed E-state index contributed by atoms with van der Waals surface area (Å²) in [5.74, 6) is 0.336. The van der Waals surface area contributed by atoms with Crippen LogP contribution in [0.25, 0.3) is 0 Å². The molecule has 118 valence electrons. The summed E-state index contributed by atoms with van der Waals surface area (Å²) in [5, 5.41) is 10.6. The van der Waals surface area contributed by atoms with Crippen molar-refractivity contribution in [1.82, 2.24) is 19.7 Å². The van der Waals surface area contributed by atoms with Crippen molar-refractivity contribution in [2.45, 2.75) is 25.3 Å². The lowest BCUT2D eigenvalue weighted by Gasteiger charge is -2.15. The first-order chi connectivity index (χ1) is 11.2. The Balaban J connectivity index is 1.45. The third-order valence-corrected chi connectivity index (χ3v) is 4.17. The summed E-state index contributed by atoms with van der Waals surface area (Å²) in [4.78, 5) is 30.3. The number of carbonyl (C=O) groups is 2. The third kappa shape index (κ3) is 2.67. The molecule has 3 heterocycles. The Morgan fingerprint density at radius 2 is 2.17 bits per heavy atom. The number of rotatable bonds is 4. The van der Waals surface area contributed by atoms with Crippen LogP contribution in [-0.4, -0.2) is 38.1 Å². The van der Waals surface area contributed by atoms with Gasteiger partial charge < -0.3 is 0 Å². The van der Waals surface area contributed by atoms with Crippen LogP contribution in [0.3, 0.4) is 0 Å². The number of pyridine rings is 1. The minimum absolute atomic E-state index is 0.0903. The molecule has 8 heteroatoms. The average Bonchev–Trinajstić information content (AvgIpc) is 3.18. The molecule has 2 amide bonds. The van der Waals surface area contributed by atoms with Gasteiger partial charge in [0.2, 0.25) is 17.8 Å². The summed E-state index contributed by atoms with van der Waals surface area (Å²) in [5.41, 5.74) is 0. The van der Waals surface area contributed by atoms with Crippen LogP contribution in [0.4, 0.5) is 11.8 Å². The first-order valence-electron chi connectivity index (χ1n) is 7.64. The molecule has 0 spiro atoms. The zero-order chi connectivity index (χ0) is 15.8. The molecule has 1 aliphatic carbocycles. The number of hydrogen-bond donors (Lipinski definition) is 1. The Bertz CT molecular complexity index is 739. The predicted molar refractivity (Wildman–Crippen MR) is 81.6 cm³/mol. The smallest absolute Gasteiger partial charge is 0.232 e. The second-order valence-electron chi connectivity index (χ2n) is 5.88. The molecular formula is C15H16N6O2. The van der Waals surface area contributed by atoms with Gasteiger partial charge in [0, 0.05) is 25.2 Å². The van der Waals surface area contributed by atoms with Gasteiger partial charge in [0.05, 0.1) is 5.92 Å². The van der Waals surface area contributed by atoms with Gasteiger partial charge in [-0.2, -0.15) is 0 Å². The standard InChI is InChI=1S/C15H16N6O2/c22-13-7-10(8-20(13)12-3-1-2-6-16-12)14(23)18-15-19-17-9-21(15)11-4-5-11/h1-3,6,9-11H,4-5,7-8H2,(H,18,19,23). The molecular weight excluding hydrogens is 296 g/mol. The summed E-state index contributed by atoms with van der Waals surface area (Å²) in [6.45, 7) is 0.333. The van der Waals surface area contributed by atoms with E-state index >= 15 is 0 Å². The normalized spacial score (nSPS) is 20.8. The number of aromatic nitrogens is 4. The molecule has 1 saturated heterocycles. The summed E-state index contributed by atoms with van der Waals surface area (Å²) in [6, 6.07) is 5.76. The van der Waals surface area contributed by atoms with Crippen LogP contribution in [0, 0.1) is 5.92 Å². The molecule has 2 aromatic rings. The molecule has 4 rings (SSSR count). The topological polar surface area (TPSA) is 93.0 Å². The van der Waals surface area contributed by atoms with Crippen LogP contribution >= 0.6 is 0 Å². The zero-order valence-electron chi connectivity index (χ0n) is 12.4. The van der Waals surface area contributed by atoms with Crippen molar-refractivity contribution in [3.05, 3.63) is 30.7 Å². The van der Waals surface area contributed by atoms with Crippen LogP contribution in [0.15, 0.2) is 30.7 Å². The number of amides is 2. The lowest BCUT2D eigenvalue weighted by atomic mass is 10.1. The Labute approximate surface area is 132 Å². The van der Waals surface area contributed by atoms with Gasteiger partial charge in [-0.1, -0.05) is 6.07 Å². The highest BCUT2D eigenvalue weighted by Gasteiger charge is 2.36. The number of nitrogens with zero attached hydrogens (tertiary/aromatic N) is 5. The highest BCUT2D eigenvalue weighted by Crippen LogP contribution is 2.36. The van der Waals surface area contributed by atoms with Crippen LogP contribution in [0.2, 0.25) is 0 Å². The van der Waals surface area contributed by atoms with E-state index < -0.39 is 5.92 Å². The second-order valence-corrected chi connectivity index (χ2v) is 5.88. The van der Waals surface area contributed by atoms with Crippen LogP contribution < -0.4 is 10.2 Å². The van der Waals surface area contributed by atoms with E-state index in [0.717, 1.165) is 12.8 Å². The average molecular weight is 312 g/mol. The molecule has 0 aromatic carbocycles. The molecule has 1 unspecified atom stereocenters. The van der Waals surface area contributed by atoms with E-state index in [2.05, 4.69) is 20.5 Å². The molecule has 1 N–H and O–H groups in total. The van der Waals surface area contributed by atoms with E-state index in [1.807, 2.05) is 10.6 Å². The lowest BCUT2D eigenvalue weighted by Crippen LogP contribution is -2.29. The van der Waals surface area contributed by atoms with Gasteiger partial charge in [0.25, 0.3) is 0 Å². The molecule has 8 nitrogen and oxygen atoms in total. The van der Waals surface area contributed by atoms with E-state index in [0.29, 0.717) is 24.4 Å². The van der Waals surface area contributed by atoms with Gasteiger partial charge in [-0.25, -0.2) is 4.98 Å². The summed E-state index contributed by atoms with van der Waals surface area (Å²) in [7, 11) is 0. The molecule has 23 heavy (non-hydrogen) atoms. The maximum atomic E-state index is 12.4. The molecule has 1 atom stereocenters. The molecule has 1 saturated carbocycles. The fraction of sp³-hybridized carbons (Fsp3) is 0.400. The quantitative estimate of drug-likeness (QED) is 0.909. The van der Waals surface area contributed by atoms with E-state index in [1.54, 1.807) is 29.6 Å². The second kappa shape index (κ2) is 5.45. The van der Waals surface area contributed by atoms with Crippen LogP contribution in [0.5, 0.6) is 0 Å². The van der Waals surface area contributed by atoms with Crippen LogP contribution in [-0.2, 0) is 9.59 Å². The number of hydrogen-bond acceptors (Lipinski definition) is 5. The van der Waals surface area contributed by atoms with Gasteiger partial charge in [-0.15, -0.1) is 10.2 Å². The van der Waals surface area contributed by atoms with E-state index in [4.69, 9.17) is 0 Å². The Morgan fingerprint density at radius 1 is 1.30 bits per heavy atom. The van der Waals surface area contributed by atoms with Gasteiger partial charge in [-0.05, 0) is 25.0 Å². The van der Waals surface area contributed by atoms with Crippen molar-refractivity contribution in [3.8, 4) is 0 Å². The van der Waals surface area contributed by atoms with Crippen molar-refractivity contribution in [3.63, 3.8) is 0 Å². The fourth-order valence-corrected chi connectivity index (χ4v) is 2.78. The van der Waals surface area contributed by atoms with Crippen molar-refractivity contribution in [2.75, 3.05) is 16.8 Å². The monoisotopic (exact) mass is 312 g/mol. The Hall–Kier alpha value is -2.77. The van der Waals surface area contributed by atoms with Crippen molar-refractivity contribution in [2.24, 2.45) is 5.92 Å². The SMILES string of the molecule is O=C(Nc1nncn1C1CC1)C1CC(=O)N(c2ccccn2)C1. The molecule has 2 aliphatic rings. The largest absolute Gasteiger partial charge is 0.297 e. The first kappa shape index (κ1) is 13.9. The lowest BCUT2D eigenvalue weighted by molar-refractivity contribution is -0.122. The molecule has 0 radical (unpaired) electrons.